The molecule has 1 aromatic rings. The van der Waals surface area contributed by atoms with Crippen LogP contribution in [0.5, 0.6) is 0 Å². The minimum Gasteiger partial charge on any atom is -0.284 e. The van der Waals surface area contributed by atoms with E-state index in [1.807, 2.05) is 44.3 Å². The van der Waals surface area contributed by atoms with E-state index in [1.165, 1.54) is 32.1 Å². The first-order chi connectivity index (χ1) is 14.7. The van der Waals surface area contributed by atoms with Gasteiger partial charge in [0.05, 0.1) is 12.8 Å². The molecule has 0 atom stereocenters. The molecule has 3 rings (SSSR count). The molecule has 6 nitrogen and oxygen atoms in total. The predicted molar refractivity (Wildman–Crippen MR) is 127 cm³/mol. The molecule has 1 aliphatic heterocycles. The van der Waals surface area contributed by atoms with Gasteiger partial charge in [-0.05, 0) is 54.5 Å². The molecule has 0 aromatic heterocycles. The lowest BCUT2D eigenvalue weighted by molar-refractivity contribution is -0.141. The van der Waals surface area contributed by atoms with E-state index in [9.17, 15) is 13.2 Å². The Hall–Kier alpha value is -2.38. The minimum atomic E-state index is -3.35. The van der Waals surface area contributed by atoms with Crippen LogP contribution in [0.4, 0.5) is 5.69 Å². The molecular formula is C24H33N3O3S. The molecular weight excluding hydrogens is 410 g/mol. The van der Waals surface area contributed by atoms with Crippen molar-refractivity contribution < 1.29 is 13.2 Å². The van der Waals surface area contributed by atoms with Crippen LogP contribution in [0.3, 0.4) is 0 Å². The standard InChI is InChI=1S/C24H33N3O3S/c1-19-15-21(22-11-7-13-23(17-22)25-31(3,29)30)12-8-14-27(24(28)16-19)26(2)18-20-9-5-4-6-10-20/h7-8,11-13,15-17,20,25H,4-6,9-10,14,18H2,1-3H3/b12-8+,19-16+,21-15+. The SMILES string of the molecule is CC1=C\C(=O)N(N(C)CC2CCCCC2)C/C=C/C(c2cccc(NS(C)(=O)=O)c2)=C\1. The van der Waals surface area contributed by atoms with Gasteiger partial charge in [0, 0.05) is 25.4 Å². The second kappa shape index (κ2) is 10.3. The Labute approximate surface area is 186 Å². The molecule has 0 spiro atoms. The highest BCUT2D eigenvalue weighted by atomic mass is 32.2. The van der Waals surface area contributed by atoms with Gasteiger partial charge < -0.3 is 0 Å². The van der Waals surface area contributed by atoms with Gasteiger partial charge >= 0.3 is 0 Å². The van der Waals surface area contributed by atoms with Crippen LogP contribution in [0.2, 0.25) is 0 Å². The second-order valence-electron chi connectivity index (χ2n) is 8.61. The van der Waals surface area contributed by atoms with Gasteiger partial charge in [0.15, 0.2) is 0 Å². The fourth-order valence-electron chi connectivity index (χ4n) is 4.28. The normalized spacial score (nSPS) is 23.2. The Bertz CT molecular complexity index is 989. The van der Waals surface area contributed by atoms with E-state index in [1.54, 1.807) is 23.2 Å². The number of nitrogens with zero attached hydrogens (tertiary/aromatic N) is 2. The highest BCUT2D eigenvalue weighted by molar-refractivity contribution is 7.92. The van der Waals surface area contributed by atoms with Gasteiger partial charge in [0.25, 0.3) is 5.91 Å². The molecule has 1 amide bonds. The fourth-order valence-corrected chi connectivity index (χ4v) is 4.83. The lowest BCUT2D eigenvalue weighted by atomic mass is 9.89. The minimum absolute atomic E-state index is 0.0227. The van der Waals surface area contributed by atoms with Crippen LogP contribution >= 0.6 is 0 Å². The number of carbonyl (C=O) groups is 1. The quantitative estimate of drug-likeness (QED) is 0.715. The van der Waals surface area contributed by atoms with E-state index >= 15 is 0 Å². The summed E-state index contributed by atoms with van der Waals surface area (Å²) in [4.78, 5) is 12.9. The summed E-state index contributed by atoms with van der Waals surface area (Å²) < 4.78 is 25.7. The number of amides is 1. The van der Waals surface area contributed by atoms with Crippen molar-refractivity contribution in [2.24, 2.45) is 5.92 Å². The number of allylic oxidation sites excluding steroid dienone is 4. The summed E-state index contributed by atoms with van der Waals surface area (Å²) in [5.74, 6) is 0.623. The van der Waals surface area contributed by atoms with Crippen LogP contribution in [-0.2, 0) is 14.8 Å². The van der Waals surface area contributed by atoms with Crippen molar-refractivity contribution in [1.29, 1.82) is 0 Å². The summed E-state index contributed by atoms with van der Waals surface area (Å²) in [5.41, 5.74) is 3.18. The molecule has 1 fully saturated rings. The van der Waals surface area contributed by atoms with E-state index in [2.05, 4.69) is 9.73 Å². The van der Waals surface area contributed by atoms with Gasteiger partial charge in [-0.1, -0.05) is 49.6 Å². The zero-order chi connectivity index (χ0) is 22.4. The van der Waals surface area contributed by atoms with Gasteiger partial charge in [0.1, 0.15) is 0 Å². The number of anilines is 1. The Morgan fingerprint density at radius 2 is 1.90 bits per heavy atom. The number of hydrogen-bond acceptors (Lipinski definition) is 4. The van der Waals surface area contributed by atoms with E-state index in [0.717, 1.165) is 29.5 Å². The summed E-state index contributed by atoms with van der Waals surface area (Å²) in [6.07, 6.45) is 15.1. The highest BCUT2D eigenvalue weighted by Crippen LogP contribution is 2.26. The second-order valence-corrected chi connectivity index (χ2v) is 10.4. The molecule has 7 heteroatoms. The zero-order valence-electron chi connectivity index (χ0n) is 18.7. The van der Waals surface area contributed by atoms with Gasteiger partial charge in [0.2, 0.25) is 10.0 Å². The maximum atomic E-state index is 12.9. The summed E-state index contributed by atoms with van der Waals surface area (Å²) in [7, 11) is -1.35. The van der Waals surface area contributed by atoms with Crippen molar-refractivity contribution in [3.8, 4) is 0 Å². The highest BCUT2D eigenvalue weighted by Gasteiger charge is 2.21. The molecule has 0 unspecified atom stereocenters. The van der Waals surface area contributed by atoms with Gasteiger partial charge in [-0.25, -0.2) is 13.4 Å². The molecule has 1 aromatic carbocycles. The third-order valence-electron chi connectivity index (χ3n) is 5.72. The Kier molecular flexibility index (Phi) is 7.73. The number of nitrogens with one attached hydrogen (secondary N) is 1. The first-order valence-electron chi connectivity index (χ1n) is 10.9. The van der Waals surface area contributed by atoms with E-state index < -0.39 is 10.0 Å². The molecule has 1 heterocycles. The number of rotatable bonds is 6. The predicted octanol–water partition coefficient (Wildman–Crippen LogP) is 4.21. The maximum absolute atomic E-state index is 12.9. The lowest BCUT2D eigenvalue weighted by Gasteiger charge is -2.34. The third-order valence-corrected chi connectivity index (χ3v) is 6.33. The summed E-state index contributed by atoms with van der Waals surface area (Å²) in [6.45, 7) is 3.30. The fraction of sp³-hybridized carbons (Fsp3) is 0.458. The van der Waals surface area contributed by atoms with Crippen molar-refractivity contribution in [3.05, 3.63) is 59.7 Å². The number of hydrogen-bond donors (Lipinski definition) is 1. The number of sulfonamides is 1. The van der Waals surface area contributed by atoms with Crippen LogP contribution in [0, 0.1) is 5.92 Å². The summed E-state index contributed by atoms with van der Waals surface area (Å²) in [6, 6.07) is 7.28. The summed E-state index contributed by atoms with van der Waals surface area (Å²) in [5, 5.41) is 3.86. The zero-order valence-corrected chi connectivity index (χ0v) is 19.5. The van der Waals surface area contributed by atoms with Crippen LogP contribution in [0.25, 0.3) is 5.57 Å². The molecule has 0 saturated heterocycles. The van der Waals surface area contributed by atoms with Crippen molar-refractivity contribution in [3.63, 3.8) is 0 Å². The molecule has 2 aliphatic rings. The largest absolute Gasteiger partial charge is 0.284 e. The molecule has 31 heavy (non-hydrogen) atoms. The number of carbonyl (C=O) groups excluding carboxylic acids is 1. The summed E-state index contributed by atoms with van der Waals surface area (Å²) >= 11 is 0. The average Bonchev–Trinajstić information content (AvgIpc) is 2.76. The molecule has 1 aliphatic carbocycles. The number of benzene rings is 1. The van der Waals surface area contributed by atoms with Gasteiger partial charge in [-0.3, -0.25) is 14.5 Å². The van der Waals surface area contributed by atoms with Crippen molar-refractivity contribution in [2.75, 3.05) is 31.1 Å². The van der Waals surface area contributed by atoms with Gasteiger partial charge in [-0.2, -0.15) is 0 Å². The van der Waals surface area contributed by atoms with Crippen molar-refractivity contribution in [2.45, 2.75) is 39.0 Å². The van der Waals surface area contributed by atoms with Crippen LogP contribution in [0.15, 0.2) is 54.1 Å². The molecule has 168 valence electrons. The van der Waals surface area contributed by atoms with E-state index in [-0.39, 0.29) is 5.91 Å². The van der Waals surface area contributed by atoms with Crippen LogP contribution < -0.4 is 4.72 Å². The van der Waals surface area contributed by atoms with E-state index in [4.69, 9.17) is 0 Å². The van der Waals surface area contributed by atoms with E-state index in [0.29, 0.717) is 18.2 Å². The molecule has 1 saturated carbocycles. The Balaban J connectivity index is 1.79. The molecule has 1 N–H and O–H groups in total. The van der Waals surface area contributed by atoms with Gasteiger partial charge in [-0.15, -0.1) is 0 Å². The van der Waals surface area contributed by atoms with Crippen molar-refractivity contribution in [1.82, 2.24) is 10.0 Å². The topological polar surface area (TPSA) is 69.7 Å². The first kappa shape index (κ1) is 23.3. The van der Waals surface area contributed by atoms with Crippen LogP contribution in [0.1, 0.15) is 44.6 Å². The van der Waals surface area contributed by atoms with Crippen LogP contribution in [-0.4, -0.2) is 50.7 Å². The van der Waals surface area contributed by atoms with Crippen molar-refractivity contribution >= 4 is 27.2 Å². The third kappa shape index (κ3) is 7.08. The smallest absolute Gasteiger partial charge is 0.261 e. The average molecular weight is 444 g/mol. The Morgan fingerprint density at radius 3 is 2.61 bits per heavy atom. The first-order valence-corrected chi connectivity index (χ1v) is 12.8. The molecule has 0 radical (unpaired) electrons. The monoisotopic (exact) mass is 443 g/mol. The Morgan fingerprint density at radius 1 is 1.16 bits per heavy atom. The maximum Gasteiger partial charge on any atom is 0.261 e. The molecule has 0 bridgehead atoms. The number of hydrazine groups is 1. The lowest BCUT2D eigenvalue weighted by Crippen LogP contribution is -2.46.